The minimum absolute atomic E-state index is 1.07. The van der Waals surface area contributed by atoms with E-state index < -0.39 is 0 Å². The van der Waals surface area contributed by atoms with Crippen LogP contribution in [0.2, 0.25) is 0 Å². The van der Waals surface area contributed by atoms with E-state index in [0.29, 0.717) is 0 Å². The highest BCUT2D eigenvalue weighted by Crippen LogP contribution is 2.21. The van der Waals surface area contributed by atoms with Crippen molar-refractivity contribution in [2.24, 2.45) is 0 Å². The Hall–Kier alpha value is -0.850. The van der Waals surface area contributed by atoms with Crippen LogP contribution in [0.4, 0.5) is 0 Å². The molecule has 0 saturated carbocycles. The Morgan fingerprint density at radius 2 is 2.08 bits per heavy atom. The van der Waals surface area contributed by atoms with E-state index >= 15 is 0 Å². The normalized spacial score (nSPS) is 15.5. The van der Waals surface area contributed by atoms with Crippen LogP contribution in [-0.2, 0) is 19.3 Å². The topological polar surface area (TPSA) is 12.9 Å². The van der Waals surface area contributed by atoms with Crippen molar-refractivity contribution in [1.82, 2.24) is 4.98 Å². The van der Waals surface area contributed by atoms with Crippen molar-refractivity contribution in [3.63, 3.8) is 0 Å². The van der Waals surface area contributed by atoms with Crippen molar-refractivity contribution in [3.05, 3.63) is 28.6 Å². The van der Waals surface area contributed by atoms with Gasteiger partial charge >= 0.3 is 0 Å². The summed E-state index contributed by atoms with van der Waals surface area (Å²) in [5, 5.41) is 0. The first-order chi connectivity index (χ1) is 6.31. The van der Waals surface area contributed by atoms with Crippen molar-refractivity contribution in [1.29, 1.82) is 0 Å². The minimum atomic E-state index is 1.07. The van der Waals surface area contributed by atoms with Gasteiger partial charge in [-0.1, -0.05) is 13.0 Å². The summed E-state index contributed by atoms with van der Waals surface area (Å²) in [6, 6.07) is 2.35. The molecule has 0 spiro atoms. The Bertz CT molecular complexity index is 315. The predicted octanol–water partition coefficient (Wildman–Crippen LogP) is 2.83. The molecule has 13 heavy (non-hydrogen) atoms. The molecule has 1 aromatic rings. The first kappa shape index (κ1) is 8.74. The molecule has 1 aromatic heterocycles. The van der Waals surface area contributed by atoms with Crippen molar-refractivity contribution < 1.29 is 0 Å². The van der Waals surface area contributed by atoms with Gasteiger partial charge in [-0.2, -0.15) is 0 Å². The first-order valence-corrected chi connectivity index (χ1v) is 5.29. The molecule has 0 bridgehead atoms. The number of hydrogen-bond acceptors (Lipinski definition) is 1. The highest BCUT2D eigenvalue weighted by Gasteiger charge is 2.12. The molecular formula is C12H17N. The quantitative estimate of drug-likeness (QED) is 0.639. The average Bonchev–Trinajstić information content (AvgIpc) is 2.17. The molecule has 0 atom stereocenters. The molecule has 1 heterocycles. The van der Waals surface area contributed by atoms with Crippen molar-refractivity contribution in [2.45, 2.75) is 46.0 Å². The van der Waals surface area contributed by atoms with Crippen molar-refractivity contribution in [3.8, 4) is 0 Å². The van der Waals surface area contributed by atoms with E-state index in [1.807, 2.05) is 0 Å². The van der Waals surface area contributed by atoms with E-state index in [-0.39, 0.29) is 0 Å². The maximum Gasteiger partial charge on any atom is 0.0439 e. The summed E-state index contributed by atoms with van der Waals surface area (Å²) in [5.74, 6) is 0. The molecule has 0 aliphatic heterocycles. The predicted molar refractivity (Wildman–Crippen MR) is 55.0 cm³/mol. The zero-order chi connectivity index (χ0) is 9.26. The van der Waals surface area contributed by atoms with Crippen LogP contribution in [0, 0.1) is 6.92 Å². The summed E-state index contributed by atoms with van der Waals surface area (Å²) >= 11 is 0. The molecule has 1 heteroatoms. The maximum atomic E-state index is 4.73. The largest absolute Gasteiger partial charge is 0.257 e. The standard InChI is InChI=1S/C12H17N/c1-3-11-9(2)8-10-6-4-5-7-12(10)13-11/h8H,3-7H2,1-2H3. The van der Waals surface area contributed by atoms with Gasteiger partial charge < -0.3 is 0 Å². The van der Waals surface area contributed by atoms with Gasteiger partial charge in [-0.05, 0) is 50.2 Å². The van der Waals surface area contributed by atoms with Gasteiger partial charge in [-0.25, -0.2) is 0 Å². The monoisotopic (exact) mass is 175 g/mol. The molecule has 0 saturated heterocycles. The fraction of sp³-hybridized carbons (Fsp3) is 0.583. The molecule has 70 valence electrons. The second-order valence-corrected chi connectivity index (χ2v) is 3.92. The highest BCUT2D eigenvalue weighted by molar-refractivity contribution is 5.31. The molecule has 1 aliphatic carbocycles. The van der Waals surface area contributed by atoms with Gasteiger partial charge in [0.2, 0.25) is 0 Å². The molecular weight excluding hydrogens is 158 g/mol. The maximum absolute atomic E-state index is 4.73. The zero-order valence-electron chi connectivity index (χ0n) is 8.56. The molecule has 2 rings (SSSR count). The van der Waals surface area contributed by atoms with E-state index in [4.69, 9.17) is 4.98 Å². The van der Waals surface area contributed by atoms with Gasteiger partial charge in [0.15, 0.2) is 0 Å². The van der Waals surface area contributed by atoms with Crippen LogP contribution in [0.3, 0.4) is 0 Å². The van der Waals surface area contributed by atoms with Crippen molar-refractivity contribution in [2.75, 3.05) is 0 Å². The summed E-state index contributed by atoms with van der Waals surface area (Å²) in [7, 11) is 0. The summed E-state index contributed by atoms with van der Waals surface area (Å²) in [4.78, 5) is 4.73. The van der Waals surface area contributed by atoms with Crippen molar-refractivity contribution >= 4 is 0 Å². The van der Waals surface area contributed by atoms with Gasteiger partial charge in [-0.3, -0.25) is 4.98 Å². The molecule has 0 fully saturated rings. The summed E-state index contributed by atoms with van der Waals surface area (Å²) in [5.41, 5.74) is 5.54. The van der Waals surface area contributed by atoms with E-state index in [9.17, 15) is 0 Å². The Labute approximate surface area is 80.2 Å². The third kappa shape index (κ3) is 1.60. The minimum Gasteiger partial charge on any atom is -0.257 e. The lowest BCUT2D eigenvalue weighted by molar-refractivity contribution is 0.662. The number of aryl methyl sites for hydroxylation is 4. The van der Waals surface area contributed by atoms with Gasteiger partial charge in [-0.15, -0.1) is 0 Å². The molecule has 0 aromatic carbocycles. The lowest BCUT2D eigenvalue weighted by Gasteiger charge is -2.16. The average molecular weight is 175 g/mol. The Kier molecular flexibility index (Phi) is 2.34. The van der Waals surface area contributed by atoms with E-state index in [1.165, 1.54) is 48.2 Å². The molecule has 0 N–H and O–H groups in total. The number of aromatic nitrogens is 1. The molecule has 0 unspecified atom stereocenters. The smallest absolute Gasteiger partial charge is 0.0439 e. The molecule has 0 amide bonds. The van der Waals surface area contributed by atoms with E-state index in [2.05, 4.69) is 19.9 Å². The fourth-order valence-electron chi connectivity index (χ4n) is 2.15. The molecule has 1 aliphatic rings. The second kappa shape index (κ2) is 3.49. The van der Waals surface area contributed by atoms with Crippen LogP contribution in [0.25, 0.3) is 0 Å². The summed E-state index contributed by atoms with van der Waals surface area (Å²) in [6.07, 6.45) is 6.18. The van der Waals surface area contributed by atoms with Crippen LogP contribution in [0.15, 0.2) is 6.07 Å². The number of pyridine rings is 1. The van der Waals surface area contributed by atoms with Gasteiger partial charge in [0, 0.05) is 11.4 Å². The van der Waals surface area contributed by atoms with Gasteiger partial charge in [0.1, 0.15) is 0 Å². The number of hydrogen-bond donors (Lipinski definition) is 0. The summed E-state index contributed by atoms with van der Waals surface area (Å²) in [6.45, 7) is 4.37. The lowest BCUT2D eigenvalue weighted by atomic mass is 9.94. The fourth-order valence-corrected chi connectivity index (χ4v) is 2.15. The van der Waals surface area contributed by atoms with Crippen LogP contribution in [-0.4, -0.2) is 4.98 Å². The van der Waals surface area contributed by atoms with Gasteiger partial charge in [0.05, 0.1) is 0 Å². The van der Waals surface area contributed by atoms with E-state index in [1.54, 1.807) is 0 Å². The Morgan fingerprint density at radius 3 is 2.85 bits per heavy atom. The lowest BCUT2D eigenvalue weighted by Crippen LogP contribution is -2.08. The van der Waals surface area contributed by atoms with E-state index in [0.717, 1.165) is 6.42 Å². The number of fused-ring (bicyclic) bond motifs is 1. The summed E-state index contributed by atoms with van der Waals surface area (Å²) < 4.78 is 0. The first-order valence-electron chi connectivity index (χ1n) is 5.29. The third-order valence-corrected chi connectivity index (χ3v) is 2.93. The number of nitrogens with zero attached hydrogens (tertiary/aromatic N) is 1. The molecule has 0 radical (unpaired) electrons. The van der Waals surface area contributed by atoms with Crippen LogP contribution in [0.5, 0.6) is 0 Å². The SMILES string of the molecule is CCc1nc2c(cc1C)CCCC2. The Balaban J connectivity index is 2.44. The second-order valence-electron chi connectivity index (χ2n) is 3.92. The number of rotatable bonds is 1. The zero-order valence-corrected chi connectivity index (χ0v) is 8.56. The van der Waals surface area contributed by atoms with Crippen LogP contribution >= 0.6 is 0 Å². The van der Waals surface area contributed by atoms with Crippen LogP contribution < -0.4 is 0 Å². The van der Waals surface area contributed by atoms with Crippen LogP contribution in [0.1, 0.15) is 42.3 Å². The Morgan fingerprint density at radius 1 is 1.31 bits per heavy atom. The molecule has 1 nitrogen and oxygen atoms in total. The highest BCUT2D eigenvalue weighted by atomic mass is 14.7. The third-order valence-electron chi connectivity index (χ3n) is 2.93. The van der Waals surface area contributed by atoms with Gasteiger partial charge in [0.25, 0.3) is 0 Å².